The monoisotopic (exact) mass is 333 g/mol. The topological polar surface area (TPSA) is 56.3 Å². The minimum atomic E-state index is 0.288. The minimum absolute atomic E-state index is 0.288. The van der Waals surface area contributed by atoms with Crippen LogP contribution in [0.25, 0.3) is 0 Å². The van der Waals surface area contributed by atoms with Gasteiger partial charge in [-0.15, -0.1) is 10.2 Å². The van der Waals surface area contributed by atoms with Crippen molar-refractivity contribution in [2.75, 3.05) is 19.5 Å². The molecule has 1 heterocycles. The number of aromatic nitrogens is 2. The molecule has 2 aromatic rings. The molecule has 0 bridgehead atoms. The van der Waals surface area contributed by atoms with Gasteiger partial charge in [0.05, 0.1) is 19.9 Å². The highest BCUT2D eigenvalue weighted by Gasteiger charge is 2.17. The van der Waals surface area contributed by atoms with E-state index in [9.17, 15) is 0 Å². The fourth-order valence-electron chi connectivity index (χ4n) is 1.51. The summed E-state index contributed by atoms with van der Waals surface area (Å²) in [7, 11) is 3.00. The Balaban J connectivity index is 2.46. The van der Waals surface area contributed by atoms with Crippen molar-refractivity contribution < 1.29 is 9.47 Å². The first-order valence-electron chi connectivity index (χ1n) is 5.43. The normalized spacial score (nSPS) is 10.2. The van der Waals surface area contributed by atoms with Gasteiger partial charge in [0.25, 0.3) is 0 Å². The van der Waals surface area contributed by atoms with Crippen molar-refractivity contribution in [3.8, 4) is 11.5 Å². The average Bonchev–Trinajstić information content (AvgIpc) is 2.46. The average molecular weight is 335 g/mol. The number of ether oxygens (including phenoxy) is 2. The molecule has 1 aromatic heterocycles. The van der Waals surface area contributed by atoms with Crippen LogP contribution in [-0.4, -0.2) is 24.4 Å². The number of anilines is 2. The minimum Gasteiger partial charge on any atom is -0.495 e. The number of benzene rings is 1. The summed E-state index contributed by atoms with van der Waals surface area (Å²) in [5, 5.41) is 11.5. The first-order valence-corrected chi connectivity index (χ1v) is 6.56. The van der Waals surface area contributed by atoms with Crippen molar-refractivity contribution in [1.82, 2.24) is 10.2 Å². The molecular formula is C12H10Cl3N3O2. The van der Waals surface area contributed by atoms with Gasteiger partial charge in [0.2, 0.25) is 0 Å². The molecule has 0 unspecified atom stereocenters. The predicted octanol–water partition coefficient (Wildman–Crippen LogP) is 4.20. The van der Waals surface area contributed by atoms with Gasteiger partial charge in [-0.1, -0.05) is 34.8 Å². The summed E-state index contributed by atoms with van der Waals surface area (Å²) in [5.41, 5.74) is 0.418. The molecule has 0 amide bonds. The van der Waals surface area contributed by atoms with Gasteiger partial charge in [0, 0.05) is 6.07 Å². The van der Waals surface area contributed by atoms with Crippen LogP contribution in [0.5, 0.6) is 11.5 Å². The molecule has 0 aliphatic heterocycles. The lowest BCUT2D eigenvalue weighted by molar-refractivity contribution is 0.395. The summed E-state index contributed by atoms with van der Waals surface area (Å²) in [6.45, 7) is 0. The van der Waals surface area contributed by atoms with Crippen LogP contribution in [0.15, 0.2) is 18.2 Å². The van der Waals surface area contributed by atoms with Gasteiger partial charge >= 0.3 is 0 Å². The zero-order chi connectivity index (χ0) is 14.7. The standard InChI is InChI=1S/C12H10Cl3N3O2/c1-19-6-5-7(20-2)11(15)12(10(6)14)16-9-4-3-8(13)17-18-9/h3-5H,1-2H3,(H,16,18). The van der Waals surface area contributed by atoms with Crippen LogP contribution in [0.3, 0.4) is 0 Å². The molecule has 0 aliphatic rings. The second kappa shape index (κ2) is 6.35. The molecular weight excluding hydrogens is 325 g/mol. The number of halogens is 3. The third kappa shape index (κ3) is 3.00. The third-order valence-electron chi connectivity index (χ3n) is 2.46. The summed E-state index contributed by atoms with van der Waals surface area (Å²) in [5.74, 6) is 1.29. The maximum absolute atomic E-state index is 6.22. The molecule has 0 atom stereocenters. The van der Waals surface area contributed by atoms with Crippen LogP contribution in [0.1, 0.15) is 0 Å². The quantitative estimate of drug-likeness (QED) is 0.908. The van der Waals surface area contributed by atoms with Gasteiger partial charge in [-0.25, -0.2) is 0 Å². The Kier molecular flexibility index (Phi) is 4.75. The number of methoxy groups -OCH3 is 2. The van der Waals surface area contributed by atoms with Crippen molar-refractivity contribution >= 4 is 46.3 Å². The first kappa shape index (κ1) is 15.0. The lowest BCUT2D eigenvalue weighted by atomic mass is 10.2. The molecule has 0 radical (unpaired) electrons. The van der Waals surface area contributed by atoms with Crippen molar-refractivity contribution in [1.29, 1.82) is 0 Å². The van der Waals surface area contributed by atoms with Crippen molar-refractivity contribution in [2.45, 2.75) is 0 Å². The first-order chi connectivity index (χ1) is 9.56. The van der Waals surface area contributed by atoms with E-state index in [1.54, 1.807) is 18.2 Å². The fourth-order valence-corrected chi connectivity index (χ4v) is 2.20. The summed E-state index contributed by atoms with van der Waals surface area (Å²) in [6.07, 6.45) is 0. The Morgan fingerprint density at radius 3 is 2.00 bits per heavy atom. The van der Waals surface area contributed by atoms with E-state index in [-0.39, 0.29) is 5.15 Å². The lowest BCUT2D eigenvalue weighted by Crippen LogP contribution is -1.99. The summed E-state index contributed by atoms with van der Waals surface area (Å²) in [4.78, 5) is 0. The van der Waals surface area contributed by atoms with E-state index in [1.807, 2.05) is 0 Å². The largest absolute Gasteiger partial charge is 0.495 e. The molecule has 2 rings (SSSR count). The van der Waals surface area contributed by atoms with E-state index < -0.39 is 0 Å². The van der Waals surface area contributed by atoms with E-state index in [0.717, 1.165) is 0 Å². The number of hydrogen-bond donors (Lipinski definition) is 1. The highest BCUT2D eigenvalue weighted by Crippen LogP contribution is 2.44. The number of nitrogens with one attached hydrogen (secondary N) is 1. The van der Waals surface area contributed by atoms with Gasteiger partial charge in [0.15, 0.2) is 11.0 Å². The molecule has 8 heteroatoms. The molecule has 0 aliphatic carbocycles. The second-order valence-corrected chi connectivity index (χ2v) is 4.79. The molecule has 0 spiro atoms. The number of hydrogen-bond acceptors (Lipinski definition) is 5. The Hall–Kier alpha value is -1.43. The van der Waals surface area contributed by atoms with Gasteiger partial charge < -0.3 is 14.8 Å². The molecule has 1 N–H and O–H groups in total. The zero-order valence-corrected chi connectivity index (χ0v) is 12.8. The Labute approximate surface area is 130 Å². The van der Waals surface area contributed by atoms with Crippen LogP contribution in [0.2, 0.25) is 15.2 Å². The maximum atomic E-state index is 6.22. The summed E-state index contributed by atoms with van der Waals surface area (Å²) < 4.78 is 10.3. The predicted molar refractivity (Wildman–Crippen MR) is 79.9 cm³/mol. The van der Waals surface area contributed by atoms with Gasteiger partial charge in [0.1, 0.15) is 21.5 Å². The van der Waals surface area contributed by atoms with Gasteiger partial charge in [-0.3, -0.25) is 0 Å². The van der Waals surface area contributed by atoms with E-state index in [0.29, 0.717) is 33.0 Å². The Morgan fingerprint density at radius 2 is 1.55 bits per heavy atom. The third-order valence-corrected chi connectivity index (χ3v) is 3.41. The van der Waals surface area contributed by atoms with Crippen LogP contribution in [0.4, 0.5) is 11.5 Å². The van der Waals surface area contributed by atoms with Gasteiger partial charge in [-0.05, 0) is 12.1 Å². The van der Waals surface area contributed by atoms with Crippen molar-refractivity contribution in [3.63, 3.8) is 0 Å². The molecule has 20 heavy (non-hydrogen) atoms. The van der Waals surface area contributed by atoms with Crippen molar-refractivity contribution in [2.24, 2.45) is 0 Å². The molecule has 5 nitrogen and oxygen atoms in total. The van der Waals surface area contributed by atoms with E-state index in [2.05, 4.69) is 15.5 Å². The van der Waals surface area contributed by atoms with E-state index >= 15 is 0 Å². The van der Waals surface area contributed by atoms with Crippen LogP contribution < -0.4 is 14.8 Å². The molecule has 0 fully saturated rings. The lowest BCUT2D eigenvalue weighted by Gasteiger charge is -2.15. The smallest absolute Gasteiger partial charge is 0.153 e. The Bertz CT molecular complexity index is 592. The van der Waals surface area contributed by atoms with Crippen LogP contribution in [-0.2, 0) is 0 Å². The summed E-state index contributed by atoms with van der Waals surface area (Å²) in [6, 6.07) is 4.84. The molecule has 106 valence electrons. The highest BCUT2D eigenvalue weighted by molar-refractivity contribution is 6.41. The summed E-state index contributed by atoms with van der Waals surface area (Å²) >= 11 is 18.1. The maximum Gasteiger partial charge on any atom is 0.153 e. The molecule has 1 aromatic carbocycles. The van der Waals surface area contributed by atoms with E-state index in [4.69, 9.17) is 44.3 Å². The molecule has 0 saturated heterocycles. The number of rotatable bonds is 4. The van der Waals surface area contributed by atoms with Crippen LogP contribution >= 0.6 is 34.8 Å². The van der Waals surface area contributed by atoms with Gasteiger partial charge in [-0.2, -0.15) is 0 Å². The van der Waals surface area contributed by atoms with E-state index in [1.165, 1.54) is 14.2 Å². The highest BCUT2D eigenvalue weighted by atomic mass is 35.5. The molecule has 0 saturated carbocycles. The van der Waals surface area contributed by atoms with Crippen LogP contribution in [0, 0.1) is 0 Å². The second-order valence-electron chi connectivity index (χ2n) is 3.65. The fraction of sp³-hybridized carbons (Fsp3) is 0.167. The zero-order valence-electron chi connectivity index (χ0n) is 10.6. The Morgan fingerprint density at radius 1 is 0.950 bits per heavy atom. The number of nitrogens with zero attached hydrogens (tertiary/aromatic N) is 2. The van der Waals surface area contributed by atoms with Crippen molar-refractivity contribution in [3.05, 3.63) is 33.4 Å². The SMILES string of the molecule is COc1cc(OC)c(Cl)c(Nc2ccc(Cl)nn2)c1Cl.